The number of likely N-dealkylation sites (N-methyl/N-ethyl adjacent to an activating group) is 1. The maximum Gasteiger partial charge on any atom is 0.312 e. The molecule has 0 N–H and O–H groups in total. The van der Waals surface area contributed by atoms with Gasteiger partial charge in [-0.3, -0.25) is 14.9 Å². The highest BCUT2D eigenvalue weighted by Crippen LogP contribution is 2.31. The van der Waals surface area contributed by atoms with Crippen molar-refractivity contribution in [3.63, 3.8) is 0 Å². The molecule has 2 rings (SSSR count). The van der Waals surface area contributed by atoms with Gasteiger partial charge in [-0.2, -0.15) is 0 Å². The molecule has 0 spiro atoms. The standard InChI is InChI=1S/C19H21ClN2O6/c1-12-7-17(26-3)18(27-4)8-13(12)10-21(2)19(23)11-28-16-6-5-14(20)9-15(16)22(24)25/h5-9H,10-11H2,1-4H3. The lowest BCUT2D eigenvalue weighted by atomic mass is 10.1. The molecule has 0 heterocycles. The first-order valence-electron chi connectivity index (χ1n) is 8.29. The fourth-order valence-electron chi connectivity index (χ4n) is 2.54. The van der Waals surface area contributed by atoms with Crippen LogP contribution in [0.4, 0.5) is 5.69 Å². The van der Waals surface area contributed by atoms with E-state index < -0.39 is 4.92 Å². The lowest BCUT2D eigenvalue weighted by Gasteiger charge is -2.20. The molecule has 28 heavy (non-hydrogen) atoms. The highest BCUT2D eigenvalue weighted by Gasteiger charge is 2.19. The summed E-state index contributed by atoms with van der Waals surface area (Å²) in [6.45, 7) is 1.88. The number of nitrogens with zero attached hydrogens (tertiary/aromatic N) is 2. The van der Waals surface area contributed by atoms with Crippen LogP contribution in [0.15, 0.2) is 30.3 Å². The molecule has 0 aliphatic heterocycles. The van der Waals surface area contributed by atoms with Crippen molar-refractivity contribution in [3.8, 4) is 17.2 Å². The molecule has 0 saturated carbocycles. The molecule has 2 aromatic carbocycles. The number of hydrogen-bond donors (Lipinski definition) is 0. The maximum absolute atomic E-state index is 12.4. The van der Waals surface area contributed by atoms with Gasteiger partial charge in [0, 0.05) is 24.7 Å². The number of aryl methyl sites for hydroxylation is 1. The number of benzene rings is 2. The predicted octanol–water partition coefficient (Wildman–Crippen LogP) is 3.61. The van der Waals surface area contributed by atoms with Crippen LogP contribution < -0.4 is 14.2 Å². The van der Waals surface area contributed by atoms with Crippen molar-refractivity contribution in [1.82, 2.24) is 4.90 Å². The van der Waals surface area contributed by atoms with Crippen molar-refractivity contribution in [2.75, 3.05) is 27.9 Å². The number of rotatable bonds is 8. The SMILES string of the molecule is COc1cc(C)c(CN(C)C(=O)COc2ccc(Cl)cc2[N+](=O)[O-])cc1OC. The average molecular weight is 409 g/mol. The van der Waals surface area contributed by atoms with Gasteiger partial charge in [0.2, 0.25) is 0 Å². The van der Waals surface area contributed by atoms with Crippen LogP contribution in [0.2, 0.25) is 5.02 Å². The first kappa shape index (κ1) is 21.3. The van der Waals surface area contributed by atoms with Crippen LogP contribution in [0, 0.1) is 17.0 Å². The summed E-state index contributed by atoms with van der Waals surface area (Å²) in [4.78, 5) is 24.4. The molecular formula is C19H21ClN2O6. The Hall–Kier alpha value is -3.00. The van der Waals surface area contributed by atoms with Crippen molar-refractivity contribution in [2.24, 2.45) is 0 Å². The van der Waals surface area contributed by atoms with Gasteiger partial charge in [0.1, 0.15) is 0 Å². The van der Waals surface area contributed by atoms with E-state index in [1.165, 1.54) is 23.1 Å². The number of amides is 1. The Labute approximate surface area is 167 Å². The minimum atomic E-state index is -0.609. The lowest BCUT2D eigenvalue weighted by molar-refractivity contribution is -0.385. The fraction of sp³-hybridized carbons (Fsp3) is 0.316. The molecule has 150 valence electrons. The summed E-state index contributed by atoms with van der Waals surface area (Å²) in [5.41, 5.74) is 1.52. The Morgan fingerprint density at radius 3 is 2.39 bits per heavy atom. The number of carbonyl (C=O) groups is 1. The van der Waals surface area contributed by atoms with E-state index in [-0.39, 0.29) is 29.0 Å². The minimum absolute atomic E-state index is 0.0153. The zero-order valence-corrected chi connectivity index (χ0v) is 16.8. The van der Waals surface area contributed by atoms with E-state index in [4.69, 9.17) is 25.8 Å². The predicted molar refractivity (Wildman–Crippen MR) is 104 cm³/mol. The van der Waals surface area contributed by atoms with Crippen molar-refractivity contribution < 1.29 is 23.9 Å². The monoisotopic (exact) mass is 408 g/mol. The summed E-state index contributed by atoms with van der Waals surface area (Å²) >= 11 is 5.77. The van der Waals surface area contributed by atoms with Crippen molar-refractivity contribution >= 4 is 23.2 Å². The first-order valence-corrected chi connectivity index (χ1v) is 8.66. The zero-order chi connectivity index (χ0) is 20.8. The second-order valence-electron chi connectivity index (χ2n) is 6.04. The summed E-state index contributed by atoms with van der Waals surface area (Å²) in [5.74, 6) is 0.824. The van der Waals surface area contributed by atoms with E-state index in [9.17, 15) is 14.9 Å². The number of ether oxygens (including phenoxy) is 3. The Morgan fingerprint density at radius 2 is 1.79 bits per heavy atom. The average Bonchev–Trinajstić information content (AvgIpc) is 2.67. The minimum Gasteiger partial charge on any atom is -0.493 e. The molecule has 0 atom stereocenters. The van der Waals surface area contributed by atoms with Crippen LogP contribution in [0.25, 0.3) is 0 Å². The van der Waals surface area contributed by atoms with Gasteiger partial charge >= 0.3 is 5.69 Å². The molecule has 0 radical (unpaired) electrons. The van der Waals surface area contributed by atoms with Crippen LogP contribution in [-0.2, 0) is 11.3 Å². The molecule has 0 aromatic heterocycles. The van der Waals surface area contributed by atoms with Crippen LogP contribution in [0.3, 0.4) is 0 Å². The van der Waals surface area contributed by atoms with E-state index >= 15 is 0 Å². The topological polar surface area (TPSA) is 91.1 Å². The van der Waals surface area contributed by atoms with Gasteiger partial charge < -0.3 is 19.1 Å². The van der Waals surface area contributed by atoms with Gasteiger partial charge in [-0.25, -0.2) is 0 Å². The van der Waals surface area contributed by atoms with E-state index in [1.807, 2.05) is 19.1 Å². The normalized spacial score (nSPS) is 10.3. The molecule has 0 unspecified atom stereocenters. The molecule has 1 amide bonds. The molecule has 9 heteroatoms. The third kappa shape index (κ3) is 5.04. The summed E-state index contributed by atoms with van der Waals surface area (Å²) < 4.78 is 15.9. The van der Waals surface area contributed by atoms with Gasteiger partial charge in [0.25, 0.3) is 5.91 Å². The molecule has 0 aliphatic rings. The summed E-state index contributed by atoms with van der Waals surface area (Å²) in [5, 5.41) is 11.3. The Kier molecular flexibility index (Phi) is 7.06. The highest BCUT2D eigenvalue weighted by molar-refractivity contribution is 6.30. The van der Waals surface area contributed by atoms with Crippen LogP contribution in [0.1, 0.15) is 11.1 Å². The highest BCUT2D eigenvalue weighted by atomic mass is 35.5. The number of hydrogen-bond acceptors (Lipinski definition) is 6. The summed E-state index contributed by atoms with van der Waals surface area (Å²) in [6.07, 6.45) is 0. The molecule has 0 fully saturated rings. The van der Waals surface area contributed by atoms with Gasteiger partial charge in [0.05, 0.1) is 19.1 Å². The molecule has 0 saturated heterocycles. The Bertz CT molecular complexity index is 887. The maximum atomic E-state index is 12.4. The van der Waals surface area contributed by atoms with Gasteiger partial charge in [-0.15, -0.1) is 0 Å². The lowest BCUT2D eigenvalue weighted by Crippen LogP contribution is -2.31. The Morgan fingerprint density at radius 1 is 1.14 bits per heavy atom. The fourth-order valence-corrected chi connectivity index (χ4v) is 2.71. The molecular weight excluding hydrogens is 388 g/mol. The van der Waals surface area contributed by atoms with Gasteiger partial charge in [-0.1, -0.05) is 11.6 Å². The van der Waals surface area contributed by atoms with E-state index in [0.29, 0.717) is 18.0 Å². The van der Waals surface area contributed by atoms with E-state index in [0.717, 1.165) is 11.1 Å². The number of nitro benzene ring substituents is 1. The third-order valence-electron chi connectivity index (χ3n) is 4.14. The molecule has 0 bridgehead atoms. The summed E-state index contributed by atoms with van der Waals surface area (Å²) in [6, 6.07) is 7.65. The molecule has 8 nitrogen and oxygen atoms in total. The number of nitro groups is 1. The second-order valence-corrected chi connectivity index (χ2v) is 6.48. The quantitative estimate of drug-likeness (QED) is 0.489. The number of carbonyl (C=O) groups excluding carboxylic acids is 1. The van der Waals surface area contributed by atoms with Crippen molar-refractivity contribution in [3.05, 3.63) is 56.6 Å². The zero-order valence-electron chi connectivity index (χ0n) is 16.0. The largest absolute Gasteiger partial charge is 0.493 e. The number of methoxy groups -OCH3 is 2. The molecule has 0 aliphatic carbocycles. The summed E-state index contributed by atoms with van der Waals surface area (Å²) in [7, 11) is 4.72. The van der Waals surface area contributed by atoms with Crippen molar-refractivity contribution in [2.45, 2.75) is 13.5 Å². The molecule has 2 aromatic rings. The van der Waals surface area contributed by atoms with E-state index in [2.05, 4.69) is 0 Å². The van der Waals surface area contributed by atoms with E-state index in [1.54, 1.807) is 21.3 Å². The third-order valence-corrected chi connectivity index (χ3v) is 4.38. The van der Waals surface area contributed by atoms with Crippen molar-refractivity contribution in [1.29, 1.82) is 0 Å². The Balaban J connectivity index is 2.07. The van der Waals surface area contributed by atoms with Crippen LogP contribution in [-0.4, -0.2) is 43.6 Å². The first-order chi connectivity index (χ1) is 13.3. The van der Waals surface area contributed by atoms with Gasteiger partial charge in [0.15, 0.2) is 23.9 Å². The number of halogens is 1. The van der Waals surface area contributed by atoms with Crippen LogP contribution in [0.5, 0.6) is 17.2 Å². The smallest absolute Gasteiger partial charge is 0.312 e. The second kappa shape index (κ2) is 9.27. The van der Waals surface area contributed by atoms with Gasteiger partial charge in [-0.05, 0) is 42.3 Å². The van der Waals surface area contributed by atoms with Crippen LogP contribution >= 0.6 is 11.6 Å².